The van der Waals surface area contributed by atoms with Crippen LogP contribution in [0.15, 0.2) is 24.3 Å². The van der Waals surface area contributed by atoms with Gasteiger partial charge in [-0.2, -0.15) is 0 Å². The van der Waals surface area contributed by atoms with Crippen LogP contribution in [0.2, 0.25) is 0 Å². The first-order valence-electron chi connectivity index (χ1n) is 6.86. The highest BCUT2D eigenvalue weighted by Crippen LogP contribution is 2.26. The minimum absolute atomic E-state index is 0.257. The normalized spacial score (nSPS) is 25.9. The van der Waals surface area contributed by atoms with Gasteiger partial charge in [-0.05, 0) is 49.4 Å². The summed E-state index contributed by atoms with van der Waals surface area (Å²) in [6.07, 6.45) is 3.79. The second-order valence-electron chi connectivity index (χ2n) is 5.25. The number of hydrogen-bond acceptors (Lipinski definition) is 2. The lowest BCUT2D eigenvalue weighted by Gasteiger charge is -2.31. The van der Waals surface area contributed by atoms with E-state index in [1.54, 1.807) is 12.1 Å². The highest BCUT2D eigenvalue weighted by atomic mass is 19.1. The predicted molar refractivity (Wildman–Crippen MR) is 70.8 cm³/mol. The number of halogens is 1. The van der Waals surface area contributed by atoms with Crippen molar-refractivity contribution < 1.29 is 9.50 Å². The van der Waals surface area contributed by atoms with E-state index < -0.39 is 6.10 Å². The number of nitrogens with one attached hydrogen (secondary N) is 1. The second-order valence-corrected chi connectivity index (χ2v) is 5.25. The molecule has 0 bridgehead atoms. The molecule has 100 valence electrons. The third kappa shape index (κ3) is 3.53. The minimum atomic E-state index is -0.501. The van der Waals surface area contributed by atoms with Crippen molar-refractivity contribution in [3.05, 3.63) is 35.6 Å². The monoisotopic (exact) mass is 251 g/mol. The number of aliphatic hydroxyl groups excluding tert-OH is 1. The summed E-state index contributed by atoms with van der Waals surface area (Å²) in [6, 6.07) is 6.52. The van der Waals surface area contributed by atoms with Crippen LogP contribution in [0, 0.1) is 11.7 Å². The Morgan fingerprint density at radius 2 is 2.11 bits per heavy atom. The van der Waals surface area contributed by atoms with Gasteiger partial charge in [0.1, 0.15) is 5.82 Å². The molecule has 1 fully saturated rings. The van der Waals surface area contributed by atoms with E-state index in [-0.39, 0.29) is 5.82 Å². The van der Waals surface area contributed by atoms with Crippen LogP contribution >= 0.6 is 0 Å². The van der Waals surface area contributed by atoms with Crippen molar-refractivity contribution in [1.82, 2.24) is 5.32 Å². The molecule has 2 N–H and O–H groups in total. The Morgan fingerprint density at radius 3 is 2.78 bits per heavy atom. The van der Waals surface area contributed by atoms with Crippen molar-refractivity contribution >= 4 is 0 Å². The molecule has 18 heavy (non-hydrogen) atoms. The van der Waals surface area contributed by atoms with E-state index in [0.717, 1.165) is 24.4 Å². The molecule has 3 heteroatoms. The highest BCUT2D eigenvalue weighted by Gasteiger charge is 2.22. The van der Waals surface area contributed by atoms with Gasteiger partial charge in [0, 0.05) is 6.04 Å². The Balaban J connectivity index is 1.90. The summed E-state index contributed by atoms with van der Waals surface area (Å²) in [5.74, 6) is 0.518. The topological polar surface area (TPSA) is 32.3 Å². The maximum Gasteiger partial charge on any atom is 0.123 e. The molecule has 1 aliphatic heterocycles. The fourth-order valence-electron chi connectivity index (χ4n) is 2.74. The van der Waals surface area contributed by atoms with Crippen LogP contribution in [0.25, 0.3) is 0 Å². The minimum Gasteiger partial charge on any atom is -0.388 e. The van der Waals surface area contributed by atoms with Gasteiger partial charge in [-0.1, -0.05) is 25.5 Å². The molecule has 2 nitrogen and oxygen atoms in total. The summed E-state index contributed by atoms with van der Waals surface area (Å²) in [7, 11) is 0. The summed E-state index contributed by atoms with van der Waals surface area (Å²) >= 11 is 0. The fraction of sp³-hybridized carbons (Fsp3) is 0.600. The lowest BCUT2D eigenvalue weighted by Crippen LogP contribution is -2.38. The molecule has 0 spiro atoms. The molecule has 2 rings (SSSR count). The van der Waals surface area contributed by atoms with Crippen LogP contribution in [0.3, 0.4) is 0 Å². The number of aliphatic hydroxyl groups is 1. The van der Waals surface area contributed by atoms with Crippen molar-refractivity contribution in [3.63, 3.8) is 0 Å². The van der Waals surface area contributed by atoms with E-state index in [0.29, 0.717) is 12.5 Å². The largest absolute Gasteiger partial charge is 0.388 e. The molecular weight excluding hydrogens is 229 g/mol. The van der Waals surface area contributed by atoms with Gasteiger partial charge in [-0.3, -0.25) is 0 Å². The lowest BCUT2D eigenvalue weighted by atomic mass is 9.87. The van der Waals surface area contributed by atoms with Gasteiger partial charge in [-0.15, -0.1) is 0 Å². The Hall–Kier alpha value is -0.930. The van der Waals surface area contributed by atoms with E-state index in [4.69, 9.17) is 0 Å². The third-order valence-corrected chi connectivity index (χ3v) is 3.94. The second kappa shape index (κ2) is 6.30. The zero-order chi connectivity index (χ0) is 13.0. The molecule has 1 saturated heterocycles. The van der Waals surface area contributed by atoms with Crippen molar-refractivity contribution in [2.24, 2.45) is 5.92 Å². The van der Waals surface area contributed by atoms with Gasteiger partial charge >= 0.3 is 0 Å². The third-order valence-electron chi connectivity index (χ3n) is 3.94. The molecule has 1 aromatic rings. The smallest absolute Gasteiger partial charge is 0.123 e. The van der Waals surface area contributed by atoms with Gasteiger partial charge in [0.2, 0.25) is 0 Å². The molecule has 0 radical (unpaired) electrons. The molecule has 1 aliphatic rings. The molecular formula is C15H22FNO. The van der Waals surface area contributed by atoms with Gasteiger partial charge in [0.25, 0.3) is 0 Å². The Kier molecular flexibility index (Phi) is 4.72. The molecule has 0 aliphatic carbocycles. The molecule has 1 heterocycles. The van der Waals surface area contributed by atoms with Gasteiger partial charge in [0.15, 0.2) is 0 Å². The van der Waals surface area contributed by atoms with Crippen molar-refractivity contribution in [3.8, 4) is 0 Å². The average Bonchev–Trinajstić information content (AvgIpc) is 2.39. The van der Waals surface area contributed by atoms with Crippen LogP contribution in [0.1, 0.15) is 44.3 Å². The SMILES string of the molecule is CCC1CCNC(CC(O)c2ccc(F)cc2)C1. The van der Waals surface area contributed by atoms with Crippen LogP contribution in [-0.4, -0.2) is 17.7 Å². The summed E-state index contributed by atoms with van der Waals surface area (Å²) in [5.41, 5.74) is 0.803. The average molecular weight is 251 g/mol. The Morgan fingerprint density at radius 1 is 1.39 bits per heavy atom. The first-order valence-corrected chi connectivity index (χ1v) is 6.86. The molecule has 0 amide bonds. The van der Waals surface area contributed by atoms with Crippen LogP contribution in [0.5, 0.6) is 0 Å². The first-order chi connectivity index (χ1) is 8.69. The van der Waals surface area contributed by atoms with Crippen LogP contribution < -0.4 is 5.32 Å². The predicted octanol–water partition coefficient (Wildman–Crippen LogP) is 3.03. The zero-order valence-electron chi connectivity index (χ0n) is 10.9. The number of hydrogen-bond donors (Lipinski definition) is 2. The van der Waals surface area contributed by atoms with E-state index >= 15 is 0 Å². The highest BCUT2D eigenvalue weighted by molar-refractivity contribution is 5.18. The summed E-state index contributed by atoms with van der Waals surface area (Å²) < 4.78 is 12.8. The summed E-state index contributed by atoms with van der Waals surface area (Å²) in [4.78, 5) is 0. The molecule has 0 aromatic heterocycles. The number of piperidine rings is 1. The summed E-state index contributed by atoms with van der Waals surface area (Å²) in [6.45, 7) is 3.27. The maximum absolute atomic E-state index is 12.8. The molecule has 3 atom stereocenters. The van der Waals surface area contributed by atoms with Crippen LogP contribution in [-0.2, 0) is 0 Å². The standard InChI is InChI=1S/C15H22FNO/c1-2-11-7-8-17-14(9-11)10-15(18)12-3-5-13(16)6-4-12/h3-6,11,14-15,17-18H,2,7-10H2,1H3. The summed E-state index contributed by atoms with van der Waals surface area (Å²) in [5, 5.41) is 13.6. The van der Waals surface area contributed by atoms with Crippen molar-refractivity contribution in [2.75, 3.05) is 6.54 Å². The molecule has 3 unspecified atom stereocenters. The lowest BCUT2D eigenvalue weighted by molar-refractivity contribution is 0.136. The van der Waals surface area contributed by atoms with E-state index in [1.165, 1.54) is 25.0 Å². The number of rotatable bonds is 4. The van der Waals surface area contributed by atoms with Crippen LogP contribution in [0.4, 0.5) is 4.39 Å². The molecule has 1 aromatic carbocycles. The first kappa shape index (κ1) is 13.5. The van der Waals surface area contributed by atoms with Gasteiger partial charge in [-0.25, -0.2) is 4.39 Å². The maximum atomic E-state index is 12.8. The van der Waals surface area contributed by atoms with E-state index in [9.17, 15) is 9.50 Å². The van der Waals surface area contributed by atoms with Gasteiger partial charge in [0.05, 0.1) is 6.10 Å². The fourth-order valence-corrected chi connectivity index (χ4v) is 2.74. The van der Waals surface area contributed by atoms with Crippen molar-refractivity contribution in [2.45, 2.75) is 44.8 Å². The molecule has 0 saturated carbocycles. The Bertz CT molecular complexity index is 365. The van der Waals surface area contributed by atoms with E-state index in [2.05, 4.69) is 12.2 Å². The van der Waals surface area contributed by atoms with Crippen molar-refractivity contribution in [1.29, 1.82) is 0 Å². The number of benzene rings is 1. The quantitative estimate of drug-likeness (QED) is 0.862. The van der Waals surface area contributed by atoms with Gasteiger partial charge < -0.3 is 10.4 Å². The van der Waals surface area contributed by atoms with E-state index in [1.807, 2.05) is 0 Å². The zero-order valence-corrected chi connectivity index (χ0v) is 10.9. The Labute approximate surface area is 108 Å².